The van der Waals surface area contributed by atoms with E-state index in [-0.39, 0.29) is 49.9 Å². The molecule has 1 heterocycles. The molecule has 24 nitrogen and oxygen atoms in total. The number of nitrogens with zero attached hydrogens (tertiary/aromatic N) is 1. The Morgan fingerprint density at radius 2 is 1.10 bits per heavy atom. The zero-order valence-electron chi connectivity index (χ0n) is 38.8. The second-order valence-corrected chi connectivity index (χ2v) is 16.4. The fourth-order valence-electron chi connectivity index (χ4n) is 7.03. The molecule has 0 saturated carbocycles. The highest BCUT2D eigenvalue weighted by molar-refractivity contribution is 5.99. The molecule has 0 aliphatic carbocycles. The number of urea groups is 1. The average Bonchev–Trinajstić information content (AvgIpc) is 3.34. The Balaban J connectivity index is 1.34. The van der Waals surface area contributed by atoms with Crippen molar-refractivity contribution in [2.45, 2.75) is 94.5 Å². The van der Waals surface area contributed by atoms with Gasteiger partial charge < -0.3 is 62.8 Å². The van der Waals surface area contributed by atoms with Crippen molar-refractivity contribution in [1.29, 1.82) is 0 Å². The summed E-state index contributed by atoms with van der Waals surface area (Å²) in [5, 5.41) is 65.1. The minimum absolute atomic E-state index is 0.0273. The zero-order chi connectivity index (χ0) is 53.6. The third kappa shape index (κ3) is 19.4. The maximum absolute atomic E-state index is 13.6. The van der Waals surface area contributed by atoms with Gasteiger partial charge in [-0.25, -0.2) is 24.2 Å². The van der Waals surface area contributed by atoms with E-state index in [1.165, 1.54) is 24.3 Å². The van der Waals surface area contributed by atoms with E-state index in [1.807, 2.05) is 41.7 Å². The highest BCUT2D eigenvalue weighted by Gasteiger charge is 2.30. The summed E-state index contributed by atoms with van der Waals surface area (Å²) in [5.41, 5.74) is 1.03. The van der Waals surface area contributed by atoms with Gasteiger partial charge in [-0.05, 0) is 72.2 Å². The number of hydrogen-bond donors (Lipinski definition) is 12. The van der Waals surface area contributed by atoms with Gasteiger partial charge in [0.1, 0.15) is 30.2 Å². The van der Waals surface area contributed by atoms with Crippen molar-refractivity contribution in [3.8, 4) is 0 Å². The summed E-state index contributed by atoms with van der Waals surface area (Å²) in [6, 6.07) is 12.1. The van der Waals surface area contributed by atoms with Crippen molar-refractivity contribution in [3.05, 3.63) is 113 Å². The maximum Gasteiger partial charge on any atom is 0.326 e. The minimum Gasteiger partial charge on any atom is -0.481 e. The molecule has 7 amide bonds. The molecule has 0 spiro atoms. The lowest BCUT2D eigenvalue weighted by molar-refractivity contribution is -0.144. The molecule has 4 rings (SSSR count). The van der Waals surface area contributed by atoms with Gasteiger partial charge in [0, 0.05) is 55.7 Å². The standard InChI is InChI=1S/C48H53FN8O16/c49-37-23-31(18-20-50-37)42(64)53-32(14-16-39(59)60)44(66)55-36(47(71)72)24-38(58)52-25-26-8-12-29(13-9-26)41(63)54-35(22-27-10-11-28-5-1-2-6-30(28)21-27)43(65)51-19-4-3-7-33(45(67)68)56-48(73)57-34(46(69)70)15-17-40(61)62/h1-2,5-6,8-13,18,20-21,23,32-36H,3-4,7,14-17,19,22,24-25H2,(H,51,65)(H,52,58)(H,53,64)(H,54,63)(H,55,66)(H,59,60)(H,61,62)(H,67,68)(H,69,70)(H,71,72)(H2,56,57,73)/i49-1. The van der Waals surface area contributed by atoms with Crippen LogP contribution in [0.15, 0.2) is 85.1 Å². The van der Waals surface area contributed by atoms with Crippen LogP contribution in [0.3, 0.4) is 0 Å². The van der Waals surface area contributed by atoms with Gasteiger partial charge in [-0.15, -0.1) is 0 Å². The Kier molecular flexibility index (Phi) is 21.7. The van der Waals surface area contributed by atoms with E-state index in [1.54, 1.807) is 6.07 Å². The van der Waals surface area contributed by atoms with Crippen LogP contribution in [0.1, 0.15) is 83.2 Å². The van der Waals surface area contributed by atoms with Gasteiger partial charge in [0.2, 0.25) is 23.7 Å². The Hall–Kier alpha value is -9.03. The molecule has 3 aromatic carbocycles. The Bertz CT molecular complexity index is 2690. The van der Waals surface area contributed by atoms with Gasteiger partial charge in [-0.1, -0.05) is 54.6 Å². The van der Waals surface area contributed by atoms with Crippen LogP contribution in [0, 0.1) is 5.95 Å². The number of carboxylic acids is 5. The lowest BCUT2D eigenvalue weighted by Crippen LogP contribution is -2.52. The van der Waals surface area contributed by atoms with Crippen molar-refractivity contribution in [2.75, 3.05) is 6.54 Å². The van der Waals surface area contributed by atoms with Crippen molar-refractivity contribution < 1.29 is 82.7 Å². The lowest BCUT2D eigenvalue weighted by Gasteiger charge is -2.21. The molecule has 4 aromatic rings. The number of rotatable bonds is 29. The molecule has 0 bridgehead atoms. The first kappa shape index (κ1) is 56.6. The first-order valence-corrected chi connectivity index (χ1v) is 22.5. The smallest absolute Gasteiger partial charge is 0.326 e. The monoisotopic (exact) mass is 1020 g/mol. The fraction of sp³-hybridized carbons (Fsp3) is 0.333. The molecule has 0 radical (unpaired) electrons. The summed E-state index contributed by atoms with van der Waals surface area (Å²) < 4.78 is 13.6. The van der Waals surface area contributed by atoms with E-state index >= 15 is 0 Å². The normalized spacial score (nSPS) is 12.8. The number of pyridine rings is 1. The highest BCUT2D eigenvalue weighted by atomic mass is 18.2. The first-order chi connectivity index (χ1) is 34.7. The molecule has 73 heavy (non-hydrogen) atoms. The van der Waals surface area contributed by atoms with Gasteiger partial charge in [-0.2, -0.15) is 4.39 Å². The molecule has 0 aliphatic rings. The van der Waals surface area contributed by atoms with E-state index in [9.17, 15) is 72.4 Å². The van der Waals surface area contributed by atoms with Crippen LogP contribution in [0.5, 0.6) is 0 Å². The van der Waals surface area contributed by atoms with Crippen LogP contribution in [-0.2, 0) is 51.3 Å². The van der Waals surface area contributed by atoms with Crippen molar-refractivity contribution in [3.63, 3.8) is 0 Å². The Morgan fingerprint density at radius 1 is 0.521 bits per heavy atom. The molecule has 12 N–H and O–H groups in total. The number of halogens is 1. The predicted molar refractivity (Wildman–Crippen MR) is 252 cm³/mol. The summed E-state index contributed by atoms with van der Waals surface area (Å²) in [7, 11) is 0. The third-order valence-electron chi connectivity index (χ3n) is 10.9. The molecule has 5 atom stereocenters. The summed E-state index contributed by atoms with van der Waals surface area (Å²) in [6.07, 6.45) is -1.55. The molecule has 1 aromatic heterocycles. The Morgan fingerprint density at radius 3 is 1.71 bits per heavy atom. The number of carboxylic acid groups (broad SMARTS) is 5. The SMILES string of the molecule is O=C(O)CCC(NC(=O)NC(CCCCNC(=O)C(Cc1ccc2ccccc2c1)NC(=O)c1ccc(CNC(=O)CC(NC(=O)C(CCC(=O)O)NC(=O)c2ccnc([18F])c2)C(=O)O)cc1)C(=O)O)C(=O)O. The number of carbonyl (C=O) groups excluding carboxylic acids is 6. The maximum atomic E-state index is 13.6. The largest absolute Gasteiger partial charge is 0.481 e. The van der Waals surface area contributed by atoms with Gasteiger partial charge >= 0.3 is 35.9 Å². The van der Waals surface area contributed by atoms with E-state index < -0.39 is 134 Å². The van der Waals surface area contributed by atoms with Crippen LogP contribution in [0.4, 0.5) is 9.18 Å². The summed E-state index contributed by atoms with van der Waals surface area (Å²) >= 11 is 0. The van der Waals surface area contributed by atoms with E-state index in [4.69, 9.17) is 10.2 Å². The molecular formula is C48H53FN8O16. The summed E-state index contributed by atoms with van der Waals surface area (Å²) in [5.74, 6) is -12.3. The molecular weight excluding hydrogens is 963 g/mol. The number of aromatic nitrogens is 1. The van der Waals surface area contributed by atoms with Gasteiger partial charge in [0.05, 0.1) is 6.42 Å². The fourth-order valence-corrected chi connectivity index (χ4v) is 7.03. The first-order valence-electron chi connectivity index (χ1n) is 22.5. The zero-order valence-corrected chi connectivity index (χ0v) is 38.8. The number of aliphatic carboxylic acids is 5. The van der Waals surface area contributed by atoms with Gasteiger partial charge in [-0.3, -0.25) is 33.6 Å². The molecule has 5 unspecified atom stereocenters. The average molecular weight is 1020 g/mol. The number of unbranched alkanes of at least 4 members (excludes halogenated alkanes) is 1. The number of benzene rings is 3. The van der Waals surface area contributed by atoms with Crippen LogP contribution < -0.4 is 37.2 Å². The number of nitrogens with one attached hydrogen (secondary N) is 7. The number of amides is 7. The molecule has 0 aliphatic heterocycles. The van der Waals surface area contributed by atoms with Crippen molar-refractivity contribution in [2.24, 2.45) is 0 Å². The van der Waals surface area contributed by atoms with Crippen molar-refractivity contribution >= 4 is 76.2 Å². The van der Waals surface area contributed by atoms with E-state index in [0.29, 0.717) is 11.1 Å². The van der Waals surface area contributed by atoms with Crippen LogP contribution in [0.25, 0.3) is 10.8 Å². The topological polar surface area (TPSA) is 386 Å². The van der Waals surface area contributed by atoms with Crippen LogP contribution >= 0.6 is 0 Å². The number of carbonyl (C=O) groups is 11. The second kappa shape index (κ2) is 28.0. The van der Waals surface area contributed by atoms with Gasteiger partial charge in [0.25, 0.3) is 11.8 Å². The third-order valence-corrected chi connectivity index (χ3v) is 10.9. The van der Waals surface area contributed by atoms with Crippen molar-refractivity contribution in [1.82, 2.24) is 42.2 Å². The number of fused-ring (bicyclic) bond motifs is 1. The minimum atomic E-state index is -1.82. The molecule has 388 valence electrons. The lowest BCUT2D eigenvalue weighted by atomic mass is 10.0. The van der Waals surface area contributed by atoms with Gasteiger partial charge in [0.15, 0.2) is 0 Å². The summed E-state index contributed by atoms with van der Waals surface area (Å²) in [6.45, 7) is -0.135. The number of hydrogen-bond acceptors (Lipinski definition) is 12. The molecule has 0 fully saturated rings. The highest BCUT2D eigenvalue weighted by Crippen LogP contribution is 2.18. The second-order valence-electron chi connectivity index (χ2n) is 16.4. The molecule has 25 heteroatoms. The van der Waals surface area contributed by atoms with Crippen LogP contribution in [0.2, 0.25) is 0 Å². The molecule has 0 saturated heterocycles. The van der Waals surface area contributed by atoms with E-state index in [0.717, 1.165) is 29.1 Å². The predicted octanol–water partition coefficient (Wildman–Crippen LogP) is 1.31. The van der Waals surface area contributed by atoms with Crippen LogP contribution in [-0.4, -0.2) is 133 Å². The van der Waals surface area contributed by atoms with E-state index in [2.05, 4.69) is 36.9 Å². The summed E-state index contributed by atoms with van der Waals surface area (Å²) in [4.78, 5) is 139. The Labute approximate surface area is 414 Å². The quantitative estimate of drug-likeness (QED) is 0.0269.